The topological polar surface area (TPSA) is 146 Å². The van der Waals surface area contributed by atoms with Crippen molar-refractivity contribution in [1.82, 2.24) is 21.3 Å². The second kappa shape index (κ2) is 18.9. The molecule has 0 aliphatic rings. The molecule has 0 bridgehead atoms. The number of carbonyl (C=O) groups excluding carboxylic acids is 4. The Morgan fingerprint density at radius 1 is 0.804 bits per heavy atom. The molecule has 0 spiro atoms. The van der Waals surface area contributed by atoms with Crippen LogP contribution in [0.2, 0.25) is 0 Å². The molecule has 5 N–H and O–H groups in total. The average molecular weight is 639 g/mol. The van der Waals surface area contributed by atoms with E-state index in [1.54, 1.807) is 13.8 Å². The molecule has 0 aliphatic heterocycles. The van der Waals surface area contributed by atoms with Crippen LogP contribution >= 0.6 is 0 Å². The van der Waals surface area contributed by atoms with Crippen molar-refractivity contribution < 1.29 is 29.0 Å². The summed E-state index contributed by atoms with van der Waals surface area (Å²) in [6.45, 7) is 13.2. The number of benzene rings is 2. The van der Waals surface area contributed by atoms with Gasteiger partial charge in [-0.15, -0.1) is 0 Å². The SMILES string of the molecule is CCC(CC)NC(=O)C[C@@H](C(=O)NC[C@@H](O)[C@H](Cc1ccccc1)NC(=O)[C@@H](NC(=O)OCc1ccccc1)C(C)C)C(C)(C)C. The zero-order valence-corrected chi connectivity index (χ0v) is 28.5. The van der Waals surface area contributed by atoms with E-state index >= 15 is 0 Å². The van der Waals surface area contributed by atoms with E-state index in [1.807, 2.05) is 95.3 Å². The number of ether oxygens (including phenoxy) is 1. The van der Waals surface area contributed by atoms with Crippen LogP contribution in [-0.2, 0) is 32.1 Å². The molecular formula is C36H54N4O6. The molecule has 254 valence electrons. The predicted molar refractivity (Wildman–Crippen MR) is 180 cm³/mol. The largest absolute Gasteiger partial charge is 0.445 e. The van der Waals surface area contributed by atoms with Gasteiger partial charge in [-0.1, -0.05) is 109 Å². The first-order valence-corrected chi connectivity index (χ1v) is 16.3. The number of carbonyl (C=O) groups is 4. The molecule has 2 rings (SSSR count). The summed E-state index contributed by atoms with van der Waals surface area (Å²) in [6.07, 6.45) is 0.0210. The molecule has 0 saturated carbocycles. The Bertz CT molecular complexity index is 1230. The van der Waals surface area contributed by atoms with Gasteiger partial charge in [0.05, 0.1) is 18.1 Å². The third kappa shape index (κ3) is 13.2. The van der Waals surface area contributed by atoms with Crippen LogP contribution in [0, 0.1) is 17.3 Å². The van der Waals surface area contributed by atoms with Crippen LogP contribution in [0.25, 0.3) is 0 Å². The first kappa shape index (κ1) is 38.3. The van der Waals surface area contributed by atoms with Crippen LogP contribution in [-0.4, -0.2) is 59.7 Å². The Labute approximate surface area is 274 Å². The van der Waals surface area contributed by atoms with E-state index in [4.69, 9.17) is 4.74 Å². The Morgan fingerprint density at radius 3 is 1.89 bits per heavy atom. The van der Waals surface area contributed by atoms with E-state index < -0.39 is 41.5 Å². The Kier molecular flexibility index (Phi) is 15.7. The number of hydrogen-bond acceptors (Lipinski definition) is 6. The van der Waals surface area contributed by atoms with Gasteiger partial charge in [-0.05, 0) is 41.7 Å². The van der Waals surface area contributed by atoms with Gasteiger partial charge in [0.2, 0.25) is 17.7 Å². The lowest BCUT2D eigenvalue weighted by atomic mass is 9.78. The van der Waals surface area contributed by atoms with Crippen LogP contribution in [0.1, 0.15) is 78.9 Å². The van der Waals surface area contributed by atoms with Gasteiger partial charge in [-0.2, -0.15) is 0 Å². The van der Waals surface area contributed by atoms with Crippen molar-refractivity contribution in [2.75, 3.05) is 6.54 Å². The highest BCUT2D eigenvalue weighted by atomic mass is 16.5. The number of nitrogens with one attached hydrogen (secondary N) is 4. The van der Waals surface area contributed by atoms with E-state index in [9.17, 15) is 24.3 Å². The maximum atomic E-state index is 13.5. The van der Waals surface area contributed by atoms with Gasteiger partial charge in [0, 0.05) is 19.0 Å². The van der Waals surface area contributed by atoms with E-state index in [0.29, 0.717) is 0 Å². The van der Waals surface area contributed by atoms with Gasteiger partial charge < -0.3 is 31.1 Å². The molecule has 0 unspecified atom stereocenters. The maximum Gasteiger partial charge on any atom is 0.408 e. The number of amides is 4. The lowest BCUT2D eigenvalue weighted by Gasteiger charge is -2.31. The van der Waals surface area contributed by atoms with E-state index in [-0.39, 0.29) is 49.8 Å². The normalized spacial score (nSPS) is 14.1. The molecule has 0 heterocycles. The lowest BCUT2D eigenvalue weighted by molar-refractivity contribution is -0.134. The molecule has 0 saturated heterocycles. The van der Waals surface area contributed by atoms with Crippen LogP contribution in [0.15, 0.2) is 60.7 Å². The van der Waals surface area contributed by atoms with E-state index in [0.717, 1.165) is 24.0 Å². The minimum Gasteiger partial charge on any atom is -0.445 e. The van der Waals surface area contributed by atoms with Gasteiger partial charge in [-0.3, -0.25) is 14.4 Å². The van der Waals surface area contributed by atoms with Gasteiger partial charge in [0.1, 0.15) is 12.6 Å². The Hall–Kier alpha value is -3.92. The summed E-state index contributed by atoms with van der Waals surface area (Å²) in [5.74, 6) is -1.93. The van der Waals surface area contributed by atoms with Crippen LogP contribution in [0.3, 0.4) is 0 Å². The van der Waals surface area contributed by atoms with Crippen molar-refractivity contribution >= 4 is 23.8 Å². The monoisotopic (exact) mass is 638 g/mol. The van der Waals surface area contributed by atoms with Crippen molar-refractivity contribution in [3.8, 4) is 0 Å². The summed E-state index contributed by atoms with van der Waals surface area (Å²) in [4.78, 5) is 52.3. The molecule has 0 aliphatic carbocycles. The molecule has 4 amide bonds. The van der Waals surface area contributed by atoms with Crippen LogP contribution < -0.4 is 21.3 Å². The molecular weight excluding hydrogens is 584 g/mol. The van der Waals surface area contributed by atoms with Gasteiger partial charge >= 0.3 is 6.09 Å². The highest BCUT2D eigenvalue weighted by Crippen LogP contribution is 2.29. The van der Waals surface area contributed by atoms with Crippen LogP contribution in [0.5, 0.6) is 0 Å². The quantitative estimate of drug-likeness (QED) is 0.173. The molecule has 10 heteroatoms. The van der Waals surface area contributed by atoms with Crippen LogP contribution in [0.4, 0.5) is 4.79 Å². The molecule has 2 aromatic carbocycles. The van der Waals surface area contributed by atoms with Gasteiger partial charge in [-0.25, -0.2) is 4.79 Å². The second-order valence-electron chi connectivity index (χ2n) is 13.2. The minimum absolute atomic E-state index is 0.0220. The first-order valence-electron chi connectivity index (χ1n) is 16.3. The number of aliphatic hydroxyl groups excluding tert-OH is 1. The van der Waals surface area contributed by atoms with Crippen molar-refractivity contribution in [3.05, 3.63) is 71.8 Å². The summed E-state index contributed by atoms with van der Waals surface area (Å²) in [5, 5.41) is 22.7. The summed E-state index contributed by atoms with van der Waals surface area (Å²) in [6, 6.07) is 16.9. The third-order valence-corrected chi connectivity index (χ3v) is 8.11. The molecule has 2 aromatic rings. The fourth-order valence-corrected chi connectivity index (χ4v) is 5.08. The highest BCUT2D eigenvalue weighted by Gasteiger charge is 2.35. The molecule has 46 heavy (non-hydrogen) atoms. The van der Waals surface area contributed by atoms with Gasteiger partial charge in [0.15, 0.2) is 0 Å². The number of alkyl carbamates (subject to hydrolysis) is 1. The number of rotatable bonds is 17. The van der Waals surface area contributed by atoms with Crippen molar-refractivity contribution in [1.29, 1.82) is 0 Å². The standard InChI is InChI=1S/C36H54N4O6/c1-8-27(9-2)38-31(42)21-28(36(5,6)7)33(43)37-22-30(41)29(20-25-16-12-10-13-17-25)39-34(44)32(24(3)4)40-35(45)46-23-26-18-14-11-15-19-26/h10-19,24,27-30,32,41H,8-9,20-23H2,1-7H3,(H,37,43)(H,38,42)(H,39,44)(H,40,45)/t28-,29-,30+,32-/m0/s1. The predicted octanol–water partition coefficient (Wildman–Crippen LogP) is 4.50. The fourth-order valence-electron chi connectivity index (χ4n) is 5.08. The zero-order valence-electron chi connectivity index (χ0n) is 28.5. The minimum atomic E-state index is -1.16. The summed E-state index contributed by atoms with van der Waals surface area (Å²) < 4.78 is 5.33. The number of hydrogen-bond donors (Lipinski definition) is 5. The van der Waals surface area contributed by atoms with Crippen molar-refractivity contribution in [2.45, 2.75) is 105 Å². The summed E-state index contributed by atoms with van der Waals surface area (Å²) in [7, 11) is 0. The maximum absolute atomic E-state index is 13.5. The van der Waals surface area contributed by atoms with Crippen molar-refractivity contribution in [3.63, 3.8) is 0 Å². The molecule has 10 nitrogen and oxygen atoms in total. The first-order chi connectivity index (χ1) is 21.7. The molecule has 0 fully saturated rings. The van der Waals surface area contributed by atoms with E-state index in [1.165, 1.54) is 0 Å². The smallest absolute Gasteiger partial charge is 0.408 e. The van der Waals surface area contributed by atoms with E-state index in [2.05, 4.69) is 21.3 Å². The second-order valence-corrected chi connectivity index (χ2v) is 13.2. The van der Waals surface area contributed by atoms with Crippen molar-refractivity contribution in [2.24, 2.45) is 17.3 Å². The summed E-state index contributed by atoms with van der Waals surface area (Å²) in [5.41, 5.74) is 1.18. The molecule has 0 radical (unpaired) electrons. The molecule has 0 aromatic heterocycles. The lowest BCUT2D eigenvalue weighted by Crippen LogP contribution is -2.56. The zero-order chi connectivity index (χ0) is 34.3. The Morgan fingerprint density at radius 2 is 1.37 bits per heavy atom. The average Bonchev–Trinajstić information content (AvgIpc) is 3.02. The fraction of sp³-hybridized carbons (Fsp3) is 0.556. The third-order valence-electron chi connectivity index (χ3n) is 8.11. The molecule has 4 atom stereocenters. The number of aliphatic hydroxyl groups is 1. The summed E-state index contributed by atoms with van der Waals surface area (Å²) >= 11 is 0. The highest BCUT2D eigenvalue weighted by molar-refractivity contribution is 5.87. The van der Waals surface area contributed by atoms with Gasteiger partial charge in [0.25, 0.3) is 0 Å². The Balaban J connectivity index is 2.12.